The van der Waals surface area contributed by atoms with E-state index >= 15 is 0 Å². The monoisotopic (exact) mass is 263 g/mol. The lowest BCUT2D eigenvalue weighted by Crippen LogP contribution is -2.46. The topological polar surface area (TPSA) is 58.4 Å². The summed E-state index contributed by atoms with van der Waals surface area (Å²) in [5.41, 5.74) is 7.11. The molecule has 2 atom stereocenters. The molecule has 1 aromatic rings. The van der Waals surface area contributed by atoms with Gasteiger partial charge in [-0.05, 0) is 38.9 Å². The molecule has 4 heteroatoms. The van der Waals surface area contributed by atoms with E-state index in [-0.39, 0.29) is 11.9 Å². The summed E-state index contributed by atoms with van der Waals surface area (Å²) in [7, 11) is 0. The fraction of sp³-hybridized carbons (Fsp3) is 0.533. The van der Waals surface area contributed by atoms with Crippen molar-refractivity contribution < 1.29 is 4.79 Å². The number of hydrogen-bond acceptors (Lipinski definition) is 3. The van der Waals surface area contributed by atoms with Crippen LogP contribution in [0.4, 0.5) is 11.4 Å². The van der Waals surface area contributed by atoms with Crippen LogP contribution in [0.15, 0.2) is 24.3 Å². The van der Waals surface area contributed by atoms with Crippen LogP contribution in [0.5, 0.6) is 0 Å². The third kappa shape index (κ3) is 3.96. The smallest absolute Gasteiger partial charge is 0.241 e. The number of amides is 1. The van der Waals surface area contributed by atoms with Gasteiger partial charge in [-0.3, -0.25) is 9.69 Å². The highest BCUT2D eigenvalue weighted by Gasteiger charge is 2.23. The minimum atomic E-state index is -0.167. The van der Waals surface area contributed by atoms with Crippen LogP contribution in [0.25, 0.3) is 0 Å². The molecule has 0 saturated heterocycles. The Morgan fingerprint density at radius 2 is 1.95 bits per heavy atom. The molecule has 106 valence electrons. The first-order valence-corrected chi connectivity index (χ1v) is 6.92. The van der Waals surface area contributed by atoms with E-state index in [1.807, 2.05) is 25.1 Å². The lowest BCUT2D eigenvalue weighted by atomic mass is 10.1. The molecule has 0 heterocycles. The second-order valence-electron chi connectivity index (χ2n) is 4.84. The van der Waals surface area contributed by atoms with Crippen LogP contribution >= 0.6 is 0 Å². The van der Waals surface area contributed by atoms with Gasteiger partial charge in [0, 0.05) is 6.04 Å². The van der Waals surface area contributed by atoms with Gasteiger partial charge in [0.05, 0.1) is 17.4 Å². The summed E-state index contributed by atoms with van der Waals surface area (Å²) in [5, 5.41) is 2.90. The number of anilines is 2. The largest absolute Gasteiger partial charge is 0.397 e. The molecule has 19 heavy (non-hydrogen) atoms. The number of para-hydroxylation sites is 2. The molecule has 0 spiro atoms. The van der Waals surface area contributed by atoms with E-state index in [0.29, 0.717) is 17.4 Å². The van der Waals surface area contributed by atoms with Gasteiger partial charge in [0.2, 0.25) is 5.91 Å². The molecule has 0 fully saturated rings. The van der Waals surface area contributed by atoms with Crippen molar-refractivity contribution in [3.63, 3.8) is 0 Å². The van der Waals surface area contributed by atoms with Gasteiger partial charge < -0.3 is 11.1 Å². The number of benzene rings is 1. The Morgan fingerprint density at radius 1 is 1.32 bits per heavy atom. The molecular weight excluding hydrogens is 238 g/mol. The van der Waals surface area contributed by atoms with Gasteiger partial charge in [-0.2, -0.15) is 0 Å². The van der Waals surface area contributed by atoms with E-state index in [4.69, 9.17) is 5.73 Å². The number of nitrogens with two attached hydrogens (primary N) is 1. The number of rotatable bonds is 6. The van der Waals surface area contributed by atoms with E-state index in [2.05, 4.69) is 31.0 Å². The second-order valence-corrected chi connectivity index (χ2v) is 4.84. The van der Waals surface area contributed by atoms with Crippen LogP contribution in [0.1, 0.15) is 34.1 Å². The Labute approximate surface area is 116 Å². The number of likely N-dealkylation sites (N-methyl/N-ethyl adjacent to an activating group) is 1. The van der Waals surface area contributed by atoms with Gasteiger partial charge in [0.1, 0.15) is 0 Å². The molecule has 4 nitrogen and oxygen atoms in total. The second kappa shape index (κ2) is 7.14. The highest BCUT2D eigenvalue weighted by molar-refractivity contribution is 5.97. The summed E-state index contributed by atoms with van der Waals surface area (Å²) in [6.07, 6.45) is 1.03. The molecule has 0 aliphatic heterocycles. The number of carbonyl (C=O) groups is 1. The molecule has 0 aliphatic carbocycles. The van der Waals surface area contributed by atoms with Crippen LogP contribution in [0, 0.1) is 0 Å². The molecule has 1 rings (SSSR count). The summed E-state index contributed by atoms with van der Waals surface area (Å²) in [6.45, 7) is 9.14. The SMILES string of the molecule is CCC(C)N(CC)C(C)C(=O)Nc1ccccc1N. The standard InChI is InChI=1S/C15H25N3O/c1-5-11(3)18(6-2)12(4)15(19)17-14-10-8-7-9-13(14)16/h7-12H,5-6,16H2,1-4H3,(H,17,19). The number of hydrogen-bond donors (Lipinski definition) is 2. The normalized spacial score (nSPS) is 14.2. The van der Waals surface area contributed by atoms with Gasteiger partial charge in [-0.25, -0.2) is 0 Å². The van der Waals surface area contributed by atoms with E-state index in [1.54, 1.807) is 6.07 Å². The lowest BCUT2D eigenvalue weighted by molar-refractivity contribution is -0.121. The average Bonchev–Trinajstić information content (AvgIpc) is 2.41. The Bertz CT molecular complexity index is 420. The fourth-order valence-electron chi connectivity index (χ4n) is 2.20. The summed E-state index contributed by atoms with van der Waals surface area (Å²) >= 11 is 0. The molecule has 1 amide bonds. The number of nitrogens with zero attached hydrogens (tertiary/aromatic N) is 1. The lowest BCUT2D eigenvalue weighted by Gasteiger charge is -2.32. The van der Waals surface area contributed by atoms with Crippen molar-refractivity contribution in [2.75, 3.05) is 17.6 Å². The number of carbonyl (C=O) groups excluding carboxylic acids is 1. The average molecular weight is 263 g/mol. The van der Waals surface area contributed by atoms with Crippen molar-refractivity contribution in [1.29, 1.82) is 0 Å². The van der Waals surface area contributed by atoms with Gasteiger partial charge in [0.15, 0.2) is 0 Å². The van der Waals surface area contributed by atoms with E-state index in [1.165, 1.54) is 0 Å². The van der Waals surface area contributed by atoms with Crippen molar-refractivity contribution in [1.82, 2.24) is 4.90 Å². The molecule has 0 aromatic heterocycles. The molecule has 0 radical (unpaired) electrons. The molecular formula is C15H25N3O. The van der Waals surface area contributed by atoms with Gasteiger partial charge in [-0.15, -0.1) is 0 Å². The van der Waals surface area contributed by atoms with Crippen molar-refractivity contribution >= 4 is 17.3 Å². The zero-order valence-corrected chi connectivity index (χ0v) is 12.3. The first-order chi connectivity index (χ1) is 9.01. The Morgan fingerprint density at radius 3 is 2.47 bits per heavy atom. The maximum atomic E-state index is 12.3. The minimum Gasteiger partial charge on any atom is -0.397 e. The maximum Gasteiger partial charge on any atom is 0.241 e. The van der Waals surface area contributed by atoms with E-state index in [0.717, 1.165) is 13.0 Å². The van der Waals surface area contributed by atoms with Crippen LogP contribution in [0.3, 0.4) is 0 Å². The summed E-state index contributed by atoms with van der Waals surface area (Å²) < 4.78 is 0. The molecule has 0 aliphatic rings. The summed E-state index contributed by atoms with van der Waals surface area (Å²) in [6, 6.07) is 7.54. The molecule has 0 bridgehead atoms. The predicted octanol–water partition coefficient (Wildman–Crippen LogP) is 2.72. The molecule has 1 aromatic carbocycles. The van der Waals surface area contributed by atoms with Crippen LogP contribution < -0.4 is 11.1 Å². The summed E-state index contributed by atoms with van der Waals surface area (Å²) in [5.74, 6) is -0.0138. The Balaban J connectivity index is 2.74. The number of nitrogens with one attached hydrogen (secondary N) is 1. The minimum absolute atomic E-state index is 0.0138. The third-order valence-electron chi connectivity index (χ3n) is 3.62. The first kappa shape index (κ1) is 15.5. The Hall–Kier alpha value is -1.55. The molecule has 2 unspecified atom stereocenters. The van der Waals surface area contributed by atoms with Crippen LogP contribution in [-0.2, 0) is 4.79 Å². The Kier molecular flexibility index (Phi) is 5.83. The first-order valence-electron chi connectivity index (χ1n) is 6.92. The van der Waals surface area contributed by atoms with Crippen LogP contribution in [0.2, 0.25) is 0 Å². The molecule has 0 saturated carbocycles. The van der Waals surface area contributed by atoms with Crippen molar-refractivity contribution in [2.45, 2.75) is 46.2 Å². The van der Waals surface area contributed by atoms with Gasteiger partial charge >= 0.3 is 0 Å². The fourth-order valence-corrected chi connectivity index (χ4v) is 2.20. The quantitative estimate of drug-likeness (QED) is 0.776. The van der Waals surface area contributed by atoms with Crippen molar-refractivity contribution in [3.8, 4) is 0 Å². The summed E-state index contributed by atoms with van der Waals surface area (Å²) in [4.78, 5) is 14.5. The zero-order chi connectivity index (χ0) is 14.4. The maximum absolute atomic E-state index is 12.3. The highest BCUT2D eigenvalue weighted by atomic mass is 16.2. The van der Waals surface area contributed by atoms with E-state index in [9.17, 15) is 4.79 Å². The zero-order valence-electron chi connectivity index (χ0n) is 12.3. The number of nitrogen functional groups attached to an aromatic ring is 1. The van der Waals surface area contributed by atoms with Crippen LogP contribution in [-0.4, -0.2) is 29.4 Å². The highest BCUT2D eigenvalue weighted by Crippen LogP contribution is 2.18. The van der Waals surface area contributed by atoms with Gasteiger partial charge in [-0.1, -0.05) is 26.0 Å². The predicted molar refractivity (Wildman–Crippen MR) is 81.1 cm³/mol. The third-order valence-corrected chi connectivity index (χ3v) is 3.62. The van der Waals surface area contributed by atoms with Crippen molar-refractivity contribution in [2.24, 2.45) is 0 Å². The van der Waals surface area contributed by atoms with Crippen molar-refractivity contribution in [3.05, 3.63) is 24.3 Å². The van der Waals surface area contributed by atoms with Gasteiger partial charge in [0.25, 0.3) is 0 Å². The molecule has 3 N–H and O–H groups in total. The van der Waals surface area contributed by atoms with E-state index < -0.39 is 0 Å².